The standard InChI is InChI=1S/C17H21N3O4/c1-24-17(23)14-8-11-3-2-4-13(11)20(14)15(21)7-10-5-6-12(16(18)22)19-9-10/h5-6,9,11,13-14H,2-4,7-8H2,1H3,(H2,18,22)/t11-,13-,14-/m0/s1. The lowest BCUT2D eigenvalue weighted by molar-refractivity contribution is -0.152. The molecule has 1 saturated carbocycles. The number of ether oxygens (including phenoxy) is 1. The Balaban J connectivity index is 1.76. The number of carbonyl (C=O) groups is 3. The molecule has 1 aromatic rings. The van der Waals surface area contributed by atoms with E-state index in [1.807, 2.05) is 0 Å². The zero-order chi connectivity index (χ0) is 17.3. The maximum absolute atomic E-state index is 12.8. The maximum atomic E-state index is 12.8. The van der Waals surface area contributed by atoms with Gasteiger partial charge in [-0.25, -0.2) is 4.79 Å². The van der Waals surface area contributed by atoms with Crippen molar-refractivity contribution in [2.24, 2.45) is 11.7 Å². The van der Waals surface area contributed by atoms with Gasteiger partial charge in [-0.2, -0.15) is 0 Å². The summed E-state index contributed by atoms with van der Waals surface area (Å²) in [7, 11) is 1.35. The molecular formula is C17H21N3O4. The number of amides is 2. The second-order valence-electron chi connectivity index (χ2n) is 6.43. The second-order valence-corrected chi connectivity index (χ2v) is 6.43. The summed E-state index contributed by atoms with van der Waals surface area (Å²) in [5.74, 6) is -0.672. The minimum absolute atomic E-state index is 0.103. The van der Waals surface area contributed by atoms with Gasteiger partial charge in [-0.15, -0.1) is 0 Å². The number of rotatable bonds is 4. The molecular weight excluding hydrogens is 310 g/mol. The lowest BCUT2D eigenvalue weighted by Crippen LogP contribution is -2.46. The van der Waals surface area contributed by atoms with Crippen molar-refractivity contribution in [3.05, 3.63) is 29.6 Å². The first-order valence-electron chi connectivity index (χ1n) is 8.15. The number of pyridine rings is 1. The molecule has 2 N–H and O–H groups in total. The highest BCUT2D eigenvalue weighted by Crippen LogP contribution is 2.41. The van der Waals surface area contributed by atoms with E-state index in [9.17, 15) is 14.4 Å². The zero-order valence-corrected chi connectivity index (χ0v) is 13.6. The molecule has 128 valence electrons. The van der Waals surface area contributed by atoms with E-state index in [-0.39, 0.29) is 30.0 Å². The quantitative estimate of drug-likeness (QED) is 0.817. The number of likely N-dealkylation sites (tertiary alicyclic amines) is 1. The highest BCUT2D eigenvalue weighted by atomic mass is 16.5. The van der Waals surface area contributed by atoms with Crippen LogP contribution >= 0.6 is 0 Å². The van der Waals surface area contributed by atoms with Crippen LogP contribution in [0.4, 0.5) is 0 Å². The smallest absolute Gasteiger partial charge is 0.328 e. The van der Waals surface area contributed by atoms with Gasteiger partial charge < -0.3 is 15.4 Å². The Morgan fingerprint density at radius 1 is 1.33 bits per heavy atom. The molecule has 7 nitrogen and oxygen atoms in total. The summed E-state index contributed by atoms with van der Waals surface area (Å²) in [5, 5.41) is 0. The Labute approximate surface area is 140 Å². The minimum Gasteiger partial charge on any atom is -0.467 e. The van der Waals surface area contributed by atoms with Crippen molar-refractivity contribution in [3.63, 3.8) is 0 Å². The molecule has 1 aliphatic carbocycles. The molecule has 2 heterocycles. The first-order valence-corrected chi connectivity index (χ1v) is 8.15. The molecule has 2 aliphatic rings. The van der Waals surface area contributed by atoms with Crippen LogP contribution in [0.3, 0.4) is 0 Å². The molecule has 1 aliphatic heterocycles. The van der Waals surface area contributed by atoms with Gasteiger partial charge in [0, 0.05) is 12.2 Å². The van der Waals surface area contributed by atoms with Crippen molar-refractivity contribution in [1.29, 1.82) is 0 Å². The molecule has 0 bridgehead atoms. The molecule has 0 radical (unpaired) electrons. The van der Waals surface area contributed by atoms with Crippen LogP contribution in [-0.4, -0.2) is 46.9 Å². The summed E-state index contributed by atoms with van der Waals surface area (Å²) in [5.41, 5.74) is 6.01. The lowest BCUT2D eigenvalue weighted by atomic mass is 10.0. The Hall–Kier alpha value is -2.44. The largest absolute Gasteiger partial charge is 0.467 e. The molecule has 0 aromatic carbocycles. The number of aromatic nitrogens is 1. The van der Waals surface area contributed by atoms with Crippen LogP contribution < -0.4 is 5.73 Å². The van der Waals surface area contributed by atoms with Gasteiger partial charge in [0.1, 0.15) is 11.7 Å². The van der Waals surface area contributed by atoms with Gasteiger partial charge in [0.25, 0.3) is 5.91 Å². The van der Waals surface area contributed by atoms with Crippen LogP contribution in [0.5, 0.6) is 0 Å². The normalized spacial score (nSPS) is 25.4. The van der Waals surface area contributed by atoms with Crippen molar-refractivity contribution in [1.82, 2.24) is 9.88 Å². The molecule has 3 atom stereocenters. The van der Waals surface area contributed by atoms with Crippen LogP contribution in [0.25, 0.3) is 0 Å². The fourth-order valence-electron chi connectivity index (χ4n) is 3.94. The van der Waals surface area contributed by atoms with Crippen LogP contribution in [0.1, 0.15) is 41.7 Å². The predicted molar refractivity (Wildman–Crippen MR) is 84.9 cm³/mol. The number of esters is 1. The maximum Gasteiger partial charge on any atom is 0.328 e. The Morgan fingerprint density at radius 2 is 2.12 bits per heavy atom. The monoisotopic (exact) mass is 331 g/mol. The van der Waals surface area contributed by atoms with Crippen LogP contribution in [0, 0.1) is 5.92 Å². The first-order chi connectivity index (χ1) is 11.5. The number of nitrogens with two attached hydrogens (primary N) is 1. The van der Waals surface area contributed by atoms with Crippen molar-refractivity contribution in [3.8, 4) is 0 Å². The van der Waals surface area contributed by atoms with Gasteiger partial charge >= 0.3 is 5.97 Å². The van der Waals surface area contributed by atoms with Gasteiger partial charge in [-0.05, 0) is 36.8 Å². The van der Waals surface area contributed by atoms with Gasteiger partial charge in [0.05, 0.1) is 13.5 Å². The molecule has 0 unspecified atom stereocenters. The van der Waals surface area contributed by atoms with E-state index in [1.54, 1.807) is 11.0 Å². The summed E-state index contributed by atoms with van der Waals surface area (Å²) >= 11 is 0. The van der Waals surface area contributed by atoms with Crippen molar-refractivity contribution in [2.75, 3.05) is 7.11 Å². The third kappa shape index (κ3) is 2.98. The summed E-state index contributed by atoms with van der Waals surface area (Å²) in [6.07, 6.45) is 5.37. The molecule has 0 spiro atoms. The summed E-state index contributed by atoms with van der Waals surface area (Å²) in [6.45, 7) is 0. The molecule has 7 heteroatoms. The number of primary amides is 1. The van der Waals surface area contributed by atoms with Crippen LogP contribution in [0.15, 0.2) is 18.3 Å². The molecule has 2 amide bonds. The Morgan fingerprint density at radius 3 is 2.75 bits per heavy atom. The zero-order valence-electron chi connectivity index (χ0n) is 13.6. The van der Waals surface area contributed by atoms with E-state index in [1.165, 1.54) is 19.4 Å². The molecule has 3 rings (SSSR count). The number of methoxy groups -OCH3 is 1. The summed E-state index contributed by atoms with van der Waals surface area (Å²) in [6, 6.07) is 2.81. The van der Waals surface area contributed by atoms with E-state index >= 15 is 0 Å². The topological polar surface area (TPSA) is 103 Å². The molecule has 2 fully saturated rings. The third-order valence-electron chi connectivity index (χ3n) is 5.03. The van der Waals surface area contributed by atoms with E-state index in [0.29, 0.717) is 17.9 Å². The highest BCUT2D eigenvalue weighted by molar-refractivity contribution is 5.91. The Kier molecular flexibility index (Phi) is 4.51. The number of carbonyl (C=O) groups excluding carboxylic acids is 3. The fraction of sp³-hybridized carbons (Fsp3) is 0.529. The third-order valence-corrected chi connectivity index (χ3v) is 5.03. The molecule has 24 heavy (non-hydrogen) atoms. The van der Waals surface area contributed by atoms with E-state index in [2.05, 4.69) is 4.98 Å². The van der Waals surface area contributed by atoms with Crippen LogP contribution in [-0.2, 0) is 20.7 Å². The number of hydrogen-bond acceptors (Lipinski definition) is 5. The number of nitrogens with zero attached hydrogens (tertiary/aromatic N) is 2. The summed E-state index contributed by atoms with van der Waals surface area (Å²) in [4.78, 5) is 41.6. The van der Waals surface area contributed by atoms with E-state index in [4.69, 9.17) is 10.5 Å². The number of fused-ring (bicyclic) bond motifs is 1. The van der Waals surface area contributed by atoms with Gasteiger partial charge in [0.15, 0.2) is 0 Å². The number of hydrogen-bond donors (Lipinski definition) is 1. The van der Waals surface area contributed by atoms with Crippen molar-refractivity contribution >= 4 is 17.8 Å². The van der Waals surface area contributed by atoms with Gasteiger partial charge in [-0.3, -0.25) is 14.6 Å². The SMILES string of the molecule is COC(=O)[C@@H]1C[C@@H]2CCC[C@@H]2N1C(=O)Cc1ccc(C(N)=O)nc1. The average molecular weight is 331 g/mol. The molecule has 1 saturated heterocycles. The molecule has 1 aromatic heterocycles. The van der Waals surface area contributed by atoms with E-state index < -0.39 is 11.9 Å². The highest BCUT2D eigenvalue weighted by Gasteiger charge is 2.48. The van der Waals surface area contributed by atoms with Crippen molar-refractivity contribution in [2.45, 2.75) is 44.2 Å². The first kappa shape index (κ1) is 16.4. The van der Waals surface area contributed by atoms with Gasteiger partial charge in [0.2, 0.25) is 5.91 Å². The fourth-order valence-corrected chi connectivity index (χ4v) is 3.94. The average Bonchev–Trinajstić information content (AvgIpc) is 3.15. The van der Waals surface area contributed by atoms with E-state index in [0.717, 1.165) is 19.3 Å². The minimum atomic E-state index is -0.605. The second kappa shape index (κ2) is 6.59. The van der Waals surface area contributed by atoms with Crippen molar-refractivity contribution < 1.29 is 19.1 Å². The van der Waals surface area contributed by atoms with Crippen LogP contribution in [0.2, 0.25) is 0 Å². The Bertz CT molecular complexity index is 658. The predicted octanol–water partition coefficient (Wildman–Crippen LogP) is 0.666. The van der Waals surface area contributed by atoms with Gasteiger partial charge in [-0.1, -0.05) is 12.5 Å². The summed E-state index contributed by atoms with van der Waals surface area (Å²) < 4.78 is 4.88. The lowest BCUT2D eigenvalue weighted by Gasteiger charge is -2.28.